The Morgan fingerprint density at radius 1 is 1.30 bits per heavy atom. The Bertz CT molecular complexity index is 669. The van der Waals surface area contributed by atoms with Crippen molar-refractivity contribution in [2.24, 2.45) is 0 Å². The molecule has 1 aromatic heterocycles. The molecule has 1 amide bonds. The van der Waals surface area contributed by atoms with E-state index in [1.54, 1.807) is 18.5 Å². The van der Waals surface area contributed by atoms with Gasteiger partial charge < -0.3 is 10.6 Å². The fourth-order valence-electron chi connectivity index (χ4n) is 2.61. The number of rotatable bonds is 3. The predicted octanol–water partition coefficient (Wildman–Crippen LogP) is 3.30. The Kier molecular flexibility index (Phi) is 7.99. The van der Waals surface area contributed by atoms with Gasteiger partial charge >= 0.3 is 0 Å². The minimum absolute atomic E-state index is 0. The zero-order valence-corrected chi connectivity index (χ0v) is 15.5. The molecular weight excluding hydrogens is 401 g/mol. The Labute approximate surface area is 156 Å². The van der Waals surface area contributed by atoms with E-state index >= 15 is 0 Å². The van der Waals surface area contributed by atoms with Crippen LogP contribution in [0.15, 0.2) is 47.2 Å². The fraction of sp³-hybridized carbons (Fsp3) is 0.250. The molecule has 0 saturated carbocycles. The summed E-state index contributed by atoms with van der Waals surface area (Å²) in [6.07, 6.45) is 4.27. The predicted molar refractivity (Wildman–Crippen MR) is 99.7 cm³/mol. The van der Waals surface area contributed by atoms with E-state index in [0.29, 0.717) is 12.1 Å². The van der Waals surface area contributed by atoms with Crippen LogP contribution in [0, 0.1) is 0 Å². The van der Waals surface area contributed by atoms with Gasteiger partial charge in [-0.1, -0.05) is 24.3 Å². The number of benzene rings is 1. The molecule has 2 N–H and O–H groups in total. The van der Waals surface area contributed by atoms with E-state index in [4.69, 9.17) is 0 Å². The van der Waals surface area contributed by atoms with Crippen LogP contribution in [-0.4, -0.2) is 24.0 Å². The van der Waals surface area contributed by atoms with E-state index in [1.807, 2.05) is 6.07 Å². The molecule has 23 heavy (non-hydrogen) atoms. The number of hydrogen-bond acceptors (Lipinski definition) is 3. The number of pyridine rings is 1. The minimum Gasteiger partial charge on any atom is -0.350 e. The third kappa shape index (κ3) is 4.91. The van der Waals surface area contributed by atoms with Gasteiger partial charge in [-0.15, -0.1) is 24.8 Å². The van der Waals surface area contributed by atoms with Crippen molar-refractivity contribution >= 4 is 46.7 Å². The Morgan fingerprint density at radius 3 is 2.87 bits per heavy atom. The molecule has 0 spiro atoms. The van der Waals surface area contributed by atoms with Crippen LogP contribution in [0.1, 0.15) is 27.5 Å². The maximum Gasteiger partial charge on any atom is 0.252 e. The van der Waals surface area contributed by atoms with Crippen LogP contribution in [0.2, 0.25) is 0 Å². The molecule has 7 heteroatoms. The number of halogens is 3. The van der Waals surface area contributed by atoms with Crippen molar-refractivity contribution in [2.75, 3.05) is 13.1 Å². The van der Waals surface area contributed by atoms with E-state index < -0.39 is 0 Å². The summed E-state index contributed by atoms with van der Waals surface area (Å²) in [6, 6.07) is 10.3. The normalized spacial score (nSPS) is 15.6. The van der Waals surface area contributed by atoms with Crippen molar-refractivity contribution in [1.29, 1.82) is 0 Å². The Hall–Kier alpha value is -1.14. The molecule has 4 nitrogen and oxygen atoms in total. The lowest BCUT2D eigenvalue weighted by Gasteiger charge is -2.27. The molecular formula is C16H18BrCl2N3O. The van der Waals surface area contributed by atoms with Crippen LogP contribution < -0.4 is 10.6 Å². The number of carbonyl (C=O) groups excluding carboxylic acids is 1. The van der Waals surface area contributed by atoms with Gasteiger partial charge in [0.25, 0.3) is 5.91 Å². The molecule has 0 aliphatic carbocycles. The summed E-state index contributed by atoms with van der Waals surface area (Å²) in [5.41, 5.74) is 3.20. The molecule has 3 rings (SSSR count). The van der Waals surface area contributed by atoms with Crippen molar-refractivity contribution < 1.29 is 4.79 Å². The summed E-state index contributed by atoms with van der Waals surface area (Å²) in [7, 11) is 0. The summed E-state index contributed by atoms with van der Waals surface area (Å²) >= 11 is 3.32. The zero-order chi connectivity index (χ0) is 14.7. The lowest BCUT2D eigenvalue weighted by atomic mass is 9.94. The Morgan fingerprint density at radius 2 is 2.09 bits per heavy atom. The molecule has 2 aromatic rings. The van der Waals surface area contributed by atoms with Crippen molar-refractivity contribution in [1.82, 2.24) is 15.6 Å². The molecule has 1 aromatic carbocycles. The van der Waals surface area contributed by atoms with Gasteiger partial charge in [0, 0.05) is 29.5 Å². The lowest BCUT2D eigenvalue weighted by Crippen LogP contribution is -2.38. The molecule has 1 aliphatic rings. The van der Waals surface area contributed by atoms with Gasteiger partial charge in [0.1, 0.15) is 0 Å². The van der Waals surface area contributed by atoms with Crippen LogP contribution in [0.4, 0.5) is 0 Å². The zero-order valence-electron chi connectivity index (χ0n) is 12.3. The van der Waals surface area contributed by atoms with Gasteiger partial charge in [-0.25, -0.2) is 0 Å². The first-order valence-corrected chi connectivity index (χ1v) is 7.73. The minimum atomic E-state index is -0.103. The summed E-state index contributed by atoms with van der Waals surface area (Å²) in [5, 5.41) is 6.43. The van der Waals surface area contributed by atoms with Crippen LogP contribution in [0.5, 0.6) is 0 Å². The molecule has 1 atom stereocenters. The maximum absolute atomic E-state index is 12.2. The summed E-state index contributed by atoms with van der Waals surface area (Å²) < 4.78 is 0.802. The van der Waals surface area contributed by atoms with Gasteiger partial charge in [0.2, 0.25) is 0 Å². The largest absolute Gasteiger partial charge is 0.350 e. The number of hydrogen-bond donors (Lipinski definition) is 2. The van der Waals surface area contributed by atoms with E-state index in [-0.39, 0.29) is 36.8 Å². The second kappa shape index (κ2) is 9.23. The molecule has 124 valence electrons. The summed E-state index contributed by atoms with van der Waals surface area (Å²) in [5.74, 6) is -0.103. The number of nitrogens with one attached hydrogen (secondary N) is 2. The average Bonchev–Trinajstić information content (AvgIpc) is 2.52. The quantitative estimate of drug-likeness (QED) is 0.803. The molecule has 0 saturated heterocycles. The molecule has 2 heterocycles. The first kappa shape index (κ1) is 19.9. The van der Waals surface area contributed by atoms with Crippen molar-refractivity contribution in [3.8, 4) is 0 Å². The molecule has 0 radical (unpaired) electrons. The molecule has 0 bridgehead atoms. The van der Waals surface area contributed by atoms with Gasteiger partial charge in [0.05, 0.1) is 5.56 Å². The summed E-state index contributed by atoms with van der Waals surface area (Å²) in [6.45, 7) is 1.51. The van der Waals surface area contributed by atoms with Crippen LogP contribution >= 0.6 is 40.7 Å². The highest BCUT2D eigenvalue weighted by Gasteiger charge is 2.19. The number of fused-ring (bicyclic) bond motifs is 1. The van der Waals surface area contributed by atoms with Gasteiger partial charge in [-0.2, -0.15) is 0 Å². The molecule has 1 unspecified atom stereocenters. The first-order chi connectivity index (χ1) is 10.2. The summed E-state index contributed by atoms with van der Waals surface area (Å²) in [4.78, 5) is 16.2. The smallest absolute Gasteiger partial charge is 0.252 e. The fourth-order valence-corrected chi connectivity index (χ4v) is 2.97. The number of aromatic nitrogens is 1. The van der Waals surface area contributed by atoms with Crippen molar-refractivity contribution in [3.63, 3.8) is 0 Å². The van der Waals surface area contributed by atoms with Crippen molar-refractivity contribution in [3.05, 3.63) is 63.9 Å². The standard InChI is InChI=1S/C16H16BrN3O.2ClH/c17-13-7-12(8-18-9-13)16(21)20-10-15-14-4-2-1-3-11(14)5-6-19-15;;/h1-4,7-9,15,19H,5-6,10H2,(H,20,21);2*1H. The lowest BCUT2D eigenvalue weighted by molar-refractivity contribution is 0.0948. The van der Waals surface area contributed by atoms with E-state index in [9.17, 15) is 4.79 Å². The number of amides is 1. The third-order valence-electron chi connectivity index (χ3n) is 3.65. The van der Waals surface area contributed by atoms with E-state index in [0.717, 1.165) is 17.4 Å². The maximum atomic E-state index is 12.2. The van der Waals surface area contributed by atoms with Gasteiger partial charge in [0.15, 0.2) is 0 Å². The number of nitrogens with zero attached hydrogens (tertiary/aromatic N) is 1. The van der Waals surface area contributed by atoms with Crippen LogP contribution in [0.3, 0.4) is 0 Å². The SMILES string of the molecule is Cl.Cl.O=C(NCC1NCCc2ccccc21)c1cncc(Br)c1. The van der Waals surface area contributed by atoms with E-state index in [2.05, 4.69) is 49.7 Å². The van der Waals surface area contributed by atoms with Crippen LogP contribution in [-0.2, 0) is 6.42 Å². The Balaban J connectivity index is 0.00000132. The average molecular weight is 419 g/mol. The first-order valence-electron chi connectivity index (χ1n) is 6.94. The molecule has 1 aliphatic heterocycles. The van der Waals surface area contributed by atoms with Gasteiger partial charge in [-0.3, -0.25) is 9.78 Å². The van der Waals surface area contributed by atoms with Crippen LogP contribution in [0.25, 0.3) is 0 Å². The van der Waals surface area contributed by atoms with Gasteiger partial charge in [-0.05, 0) is 46.1 Å². The highest BCUT2D eigenvalue weighted by molar-refractivity contribution is 9.10. The second-order valence-corrected chi connectivity index (χ2v) is 5.97. The van der Waals surface area contributed by atoms with E-state index in [1.165, 1.54) is 11.1 Å². The molecule has 0 fully saturated rings. The highest BCUT2D eigenvalue weighted by Crippen LogP contribution is 2.22. The highest BCUT2D eigenvalue weighted by atomic mass is 79.9. The van der Waals surface area contributed by atoms with Crippen molar-refractivity contribution in [2.45, 2.75) is 12.5 Å². The monoisotopic (exact) mass is 417 g/mol. The second-order valence-electron chi connectivity index (χ2n) is 5.06. The third-order valence-corrected chi connectivity index (χ3v) is 4.08. The number of carbonyl (C=O) groups is 1. The topological polar surface area (TPSA) is 54.0 Å².